The summed E-state index contributed by atoms with van der Waals surface area (Å²) < 4.78 is 5.16. The molecule has 12 rings (SSSR count). The van der Waals surface area contributed by atoms with Crippen molar-refractivity contribution in [3.8, 4) is 11.1 Å². The summed E-state index contributed by atoms with van der Waals surface area (Å²) in [5, 5.41) is 16.1. The van der Waals surface area contributed by atoms with Gasteiger partial charge >= 0.3 is 0 Å². The maximum absolute atomic E-state index is 4.27. The topological polar surface area (TPSA) is 33.9 Å². The van der Waals surface area contributed by atoms with Gasteiger partial charge in [0.05, 0.1) is 22.1 Å². The molecule has 0 bridgehead atoms. The van der Waals surface area contributed by atoms with E-state index in [2.05, 4.69) is 217 Å². The van der Waals surface area contributed by atoms with Gasteiger partial charge in [-0.05, 0) is 88.3 Å². The Bertz CT molecular complexity index is 3260. The molecule has 0 saturated heterocycles. The lowest BCUT2D eigenvalue weighted by molar-refractivity contribution is 0.356. The van der Waals surface area contributed by atoms with E-state index in [9.17, 15) is 0 Å². The number of hydrogen-bond donors (Lipinski definition) is 2. The molecule has 3 atom stereocenters. The van der Waals surface area contributed by atoms with Crippen LogP contribution < -0.4 is 10.6 Å². The molecule has 2 N–H and O–H groups in total. The number of benzene rings is 7. The molecule has 2 aliphatic carbocycles. The molecule has 3 aliphatic rings. The molecular formula is C54H44N4. The van der Waals surface area contributed by atoms with Crippen LogP contribution in [0.5, 0.6) is 0 Å². The molecule has 4 nitrogen and oxygen atoms in total. The smallest absolute Gasteiger partial charge is 0.115 e. The van der Waals surface area contributed by atoms with E-state index in [4.69, 9.17) is 0 Å². The van der Waals surface area contributed by atoms with Crippen molar-refractivity contribution in [1.29, 1.82) is 0 Å². The predicted octanol–water partition coefficient (Wildman–Crippen LogP) is 13.0. The minimum atomic E-state index is -0.273. The molecule has 0 spiro atoms. The number of allylic oxidation sites excluding steroid dienone is 5. The van der Waals surface area contributed by atoms with Gasteiger partial charge in [-0.2, -0.15) is 0 Å². The molecule has 0 fully saturated rings. The van der Waals surface area contributed by atoms with Crippen molar-refractivity contribution in [2.24, 2.45) is 0 Å². The van der Waals surface area contributed by atoms with Crippen molar-refractivity contribution in [2.75, 3.05) is 0 Å². The number of para-hydroxylation sites is 2. The summed E-state index contributed by atoms with van der Waals surface area (Å²) in [6, 6.07) is 56.5. The third kappa shape index (κ3) is 4.73. The Labute approximate surface area is 338 Å². The Balaban J connectivity index is 1.10. The molecular weight excluding hydrogens is 705 g/mol. The van der Waals surface area contributed by atoms with Gasteiger partial charge in [0.25, 0.3) is 0 Å². The minimum Gasteiger partial charge on any atom is -0.368 e. The van der Waals surface area contributed by atoms with Crippen LogP contribution in [0.3, 0.4) is 0 Å². The first kappa shape index (κ1) is 33.5. The van der Waals surface area contributed by atoms with Crippen molar-refractivity contribution in [2.45, 2.75) is 50.5 Å². The molecule has 1 aliphatic heterocycles. The van der Waals surface area contributed by atoms with Crippen LogP contribution in [0.4, 0.5) is 0 Å². The third-order valence-electron chi connectivity index (χ3n) is 13.5. The van der Waals surface area contributed by atoms with Gasteiger partial charge in [-0.15, -0.1) is 0 Å². The number of rotatable bonds is 4. The third-order valence-corrected chi connectivity index (χ3v) is 13.5. The Kier molecular flexibility index (Phi) is 7.04. The zero-order chi connectivity index (χ0) is 38.8. The van der Waals surface area contributed by atoms with Crippen LogP contribution in [-0.2, 0) is 11.0 Å². The van der Waals surface area contributed by atoms with Crippen LogP contribution in [0.15, 0.2) is 182 Å². The fraction of sp³-hybridized carbons (Fsp3) is 0.148. The lowest BCUT2D eigenvalue weighted by Crippen LogP contribution is -2.46. The predicted molar refractivity (Wildman–Crippen MR) is 243 cm³/mol. The highest BCUT2D eigenvalue weighted by Crippen LogP contribution is 2.53. The summed E-state index contributed by atoms with van der Waals surface area (Å²) >= 11 is 0. The zero-order valence-corrected chi connectivity index (χ0v) is 33.0. The van der Waals surface area contributed by atoms with Gasteiger partial charge in [-0.1, -0.05) is 153 Å². The van der Waals surface area contributed by atoms with Crippen molar-refractivity contribution in [1.82, 2.24) is 19.8 Å². The van der Waals surface area contributed by atoms with Gasteiger partial charge in [0.1, 0.15) is 12.3 Å². The van der Waals surface area contributed by atoms with E-state index in [1.807, 2.05) is 0 Å². The molecule has 0 amide bonds. The number of hydrogen-bond acceptors (Lipinski definition) is 2. The monoisotopic (exact) mass is 748 g/mol. The van der Waals surface area contributed by atoms with E-state index >= 15 is 0 Å². The largest absolute Gasteiger partial charge is 0.368 e. The Morgan fingerprint density at radius 3 is 2.07 bits per heavy atom. The Morgan fingerprint density at radius 1 is 0.569 bits per heavy atom. The van der Waals surface area contributed by atoms with Gasteiger partial charge in [0.15, 0.2) is 0 Å². The molecule has 280 valence electrons. The van der Waals surface area contributed by atoms with Crippen LogP contribution >= 0.6 is 0 Å². The first-order valence-electron chi connectivity index (χ1n) is 20.6. The number of fused-ring (bicyclic) bond motifs is 9. The van der Waals surface area contributed by atoms with E-state index in [0.29, 0.717) is 0 Å². The number of aromatic nitrogens is 2. The minimum absolute atomic E-state index is 0.154. The molecule has 9 aromatic rings. The van der Waals surface area contributed by atoms with Crippen LogP contribution in [0.2, 0.25) is 0 Å². The lowest BCUT2D eigenvalue weighted by Gasteiger charge is -2.39. The average Bonchev–Trinajstić information content (AvgIpc) is 3.85. The van der Waals surface area contributed by atoms with Crippen LogP contribution in [0.1, 0.15) is 56.2 Å². The van der Waals surface area contributed by atoms with Gasteiger partial charge in [0.2, 0.25) is 0 Å². The SMILES string of the molecule is CC1(C)C2=C(c3ccc(-c4ccccc4)cc31)C(n1c3ccccc3c3cc4ccccc4cc31)NC(c1ccc3c4ccccc4n(C4(C)C=CC=CC4)c3c1)N2. The molecule has 7 aromatic carbocycles. The van der Waals surface area contributed by atoms with E-state index in [-0.39, 0.29) is 23.3 Å². The summed E-state index contributed by atoms with van der Waals surface area (Å²) in [6.07, 6.45) is 9.67. The van der Waals surface area contributed by atoms with Crippen molar-refractivity contribution >= 4 is 60.0 Å². The van der Waals surface area contributed by atoms with E-state index in [1.165, 1.54) is 93.5 Å². The summed E-state index contributed by atoms with van der Waals surface area (Å²) in [5.41, 5.74) is 13.5. The molecule has 0 radical (unpaired) electrons. The second-order valence-corrected chi connectivity index (χ2v) is 17.3. The molecule has 2 aromatic heterocycles. The Hall–Kier alpha value is -6.62. The molecule has 3 heterocycles. The molecule has 3 unspecified atom stereocenters. The maximum Gasteiger partial charge on any atom is 0.115 e. The first-order chi connectivity index (χ1) is 28.4. The van der Waals surface area contributed by atoms with Gasteiger partial charge in [0, 0.05) is 43.7 Å². The van der Waals surface area contributed by atoms with Crippen LogP contribution in [0.25, 0.3) is 71.1 Å². The number of nitrogens with zero attached hydrogens (tertiary/aromatic N) is 2. The quantitative estimate of drug-likeness (QED) is 0.188. The average molecular weight is 749 g/mol. The maximum atomic E-state index is 4.27. The summed E-state index contributed by atoms with van der Waals surface area (Å²) in [4.78, 5) is 0. The van der Waals surface area contributed by atoms with Crippen molar-refractivity contribution in [3.63, 3.8) is 0 Å². The van der Waals surface area contributed by atoms with Crippen LogP contribution in [-0.4, -0.2) is 9.13 Å². The van der Waals surface area contributed by atoms with E-state index in [1.54, 1.807) is 0 Å². The normalized spacial score (nSPS) is 21.0. The summed E-state index contributed by atoms with van der Waals surface area (Å²) in [5.74, 6) is 0. The van der Waals surface area contributed by atoms with E-state index < -0.39 is 0 Å². The zero-order valence-electron chi connectivity index (χ0n) is 33.0. The summed E-state index contributed by atoms with van der Waals surface area (Å²) in [6.45, 7) is 7.17. The van der Waals surface area contributed by atoms with Gasteiger partial charge in [-0.25, -0.2) is 0 Å². The van der Waals surface area contributed by atoms with Crippen molar-refractivity contribution in [3.05, 3.63) is 198 Å². The lowest BCUT2D eigenvalue weighted by atomic mass is 9.83. The number of nitrogens with one attached hydrogen (secondary N) is 2. The van der Waals surface area contributed by atoms with Crippen molar-refractivity contribution < 1.29 is 0 Å². The standard InChI is InChI=1S/C54H44N4/c1-53(2)44-31-37(34-16-6-4-7-17-34)24-27-42(44)49-50(53)55-51(38-25-26-41-39-20-11-13-23-46(39)58(48(41)33-38)54(3)28-14-5-15-29-54)56-52(49)57-45-22-12-10-21-40(45)43-30-35-18-8-9-19-36(35)32-47(43)57/h4-28,30-33,51-52,55-56H,29H2,1-3H3. The second kappa shape index (κ2) is 12.2. The van der Waals surface area contributed by atoms with E-state index in [0.717, 1.165) is 6.42 Å². The first-order valence-corrected chi connectivity index (χ1v) is 20.6. The fourth-order valence-corrected chi connectivity index (χ4v) is 10.6. The van der Waals surface area contributed by atoms with Gasteiger partial charge < -0.3 is 14.5 Å². The highest BCUT2D eigenvalue weighted by Gasteiger charge is 2.46. The summed E-state index contributed by atoms with van der Waals surface area (Å²) in [7, 11) is 0. The van der Waals surface area contributed by atoms with Crippen LogP contribution in [0, 0.1) is 0 Å². The second-order valence-electron chi connectivity index (χ2n) is 17.3. The van der Waals surface area contributed by atoms with Gasteiger partial charge in [-0.3, -0.25) is 5.32 Å². The molecule has 0 saturated carbocycles. The Morgan fingerprint density at radius 2 is 1.28 bits per heavy atom. The molecule has 58 heavy (non-hydrogen) atoms. The molecule has 4 heteroatoms. The fourth-order valence-electron chi connectivity index (χ4n) is 10.6. The highest BCUT2D eigenvalue weighted by atomic mass is 15.3. The highest BCUT2D eigenvalue weighted by molar-refractivity contribution is 6.13.